The average Bonchev–Trinajstić information content (AvgIpc) is 2.80. The zero-order valence-electron chi connectivity index (χ0n) is 19.9. The van der Waals surface area contributed by atoms with Crippen LogP contribution in [0.2, 0.25) is 0 Å². The lowest BCUT2D eigenvalue weighted by atomic mass is 9.89. The number of aryl methyl sites for hydroxylation is 2. The third kappa shape index (κ3) is 5.49. The second kappa shape index (κ2) is 10.4. The number of anilines is 1. The SMILES string of the molecule is CC[C@@H](C(=O)N[C@@H](C)c1ccc2c(c1)CCCC2)N(c1cc([N+](=O)[O-])ccc1OC)S(C)(=O)=O. The molecule has 10 heteroatoms. The smallest absolute Gasteiger partial charge is 0.271 e. The number of carbonyl (C=O) groups is 1. The zero-order valence-corrected chi connectivity index (χ0v) is 20.7. The Balaban J connectivity index is 1.93. The van der Waals surface area contributed by atoms with Gasteiger partial charge in [0, 0.05) is 12.1 Å². The van der Waals surface area contributed by atoms with E-state index in [-0.39, 0.29) is 29.6 Å². The molecule has 0 saturated heterocycles. The molecular formula is C24H31N3O6S. The number of non-ortho nitro benzene ring substituents is 1. The lowest BCUT2D eigenvalue weighted by Crippen LogP contribution is -2.49. The van der Waals surface area contributed by atoms with E-state index in [1.54, 1.807) is 6.92 Å². The molecule has 0 unspecified atom stereocenters. The first-order chi connectivity index (χ1) is 16.1. The van der Waals surface area contributed by atoms with Crippen molar-refractivity contribution in [2.75, 3.05) is 17.7 Å². The molecular weight excluding hydrogens is 458 g/mol. The molecule has 1 amide bonds. The number of carbonyl (C=O) groups excluding carboxylic acids is 1. The topological polar surface area (TPSA) is 119 Å². The molecule has 1 N–H and O–H groups in total. The standard InChI is InChI=1S/C24H31N3O6S/c1-5-21(24(28)25-16(2)18-11-10-17-8-6-7-9-19(17)14-18)26(34(4,31)32)22-15-20(27(29)30)12-13-23(22)33-3/h10-16,21H,5-9H2,1-4H3,(H,25,28)/t16-,21-/m0/s1. The number of fused-ring (bicyclic) bond motifs is 1. The van der Waals surface area contributed by atoms with Crippen molar-refractivity contribution in [1.82, 2.24) is 5.32 Å². The summed E-state index contributed by atoms with van der Waals surface area (Å²) in [5.41, 5.74) is 3.21. The van der Waals surface area contributed by atoms with Crippen molar-refractivity contribution >= 4 is 27.3 Å². The Labute approximate surface area is 200 Å². The summed E-state index contributed by atoms with van der Waals surface area (Å²) in [5.74, 6) is -0.378. The number of nitrogens with one attached hydrogen (secondary N) is 1. The number of rotatable bonds is 9. The maximum absolute atomic E-state index is 13.3. The number of nitro benzene ring substituents is 1. The third-order valence-corrected chi connectivity index (χ3v) is 7.34. The van der Waals surface area contributed by atoms with Crippen LogP contribution in [0.4, 0.5) is 11.4 Å². The van der Waals surface area contributed by atoms with Crippen LogP contribution >= 0.6 is 0 Å². The number of nitro groups is 1. The molecule has 0 spiro atoms. The van der Waals surface area contributed by atoms with Gasteiger partial charge in [-0.05, 0) is 61.8 Å². The van der Waals surface area contributed by atoms with Crippen molar-refractivity contribution in [3.8, 4) is 5.75 Å². The van der Waals surface area contributed by atoms with E-state index in [2.05, 4.69) is 17.4 Å². The first-order valence-electron chi connectivity index (χ1n) is 11.3. The highest BCUT2D eigenvalue weighted by Crippen LogP contribution is 2.36. The van der Waals surface area contributed by atoms with E-state index >= 15 is 0 Å². The van der Waals surface area contributed by atoms with Gasteiger partial charge in [-0.1, -0.05) is 25.1 Å². The van der Waals surface area contributed by atoms with Crippen LogP contribution in [0.15, 0.2) is 36.4 Å². The highest BCUT2D eigenvalue weighted by Gasteiger charge is 2.35. The van der Waals surface area contributed by atoms with Crippen LogP contribution < -0.4 is 14.4 Å². The van der Waals surface area contributed by atoms with Crippen molar-refractivity contribution in [3.63, 3.8) is 0 Å². The average molecular weight is 490 g/mol. The molecule has 3 rings (SSSR count). The second-order valence-corrected chi connectivity index (χ2v) is 10.4. The molecule has 1 aliphatic rings. The highest BCUT2D eigenvalue weighted by atomic mass is 32.2. The molecule has 0 aromatic heterocycles. The third-order valence-electron chi connectivity index (χ3n) is 6.17. The predicted molar refractivity (Wildman–Crippen MR) is 131 cm³/mol. The molecule has 0 bridgehead atoms. The van der Waals surface area contributed by atoms with Gasteiger partial charge in [-0.2, -0.15) is 0 Å². The molecule has 34 heavy (non-hydrogen) atoms. The number of benzene rings is 2. The molecule has 1 aliphatic carbocycles. The van der Waals surface area contributed by atoms with Gasteiger partial charge >= 0.3 is 0 Å². The molecule has 2 atom stereocenters. The summed E-state index contributed by atoms with van der Waals surface area (Å²) in [7, 11) is -2.65. The van der Waals surface area contributed by atoms with Crippen LogP contribution in [0, 0.1) is 10.1 Å². The van der Waals surface area contributed by atoms with Crippen LogP contribution in [0.3, 0.4) is 0 Å². The first-order valence-corrected chi connectivity index (χ1v) is 13.2. The molecule has 0 fully saturated rings. The van der Waals surface area contributed by atoms with Gasteiger partial charge in [-0.3, -0.25) is 19.2 Å². The van der Waals surface area contributed by atoms with Crippen molar-refractivity contribution in [2.45, 2.75) is 58.0 Å². The number of methoxy groups -OCH3 is 1. The van der Waals surface area contributed by atoms with E-state index in [4.69, 9.17) is 4.74 Å². The Kier molecular flexibility index (Phi) is 7.81. The summed E-state index contributed by atoms with van der Waals surface area (Å²) in [6.07, 6.45) is 5.51. The largest absolute Gasteiger partial charge is 0.495 e. The molecule has 184 valence electrons. The minimum absolute atomic E-state index is 0.0531. The molecule has 0 radical (unpaired) electrons. The second-order valence-electron chi connectivity index (χ2n) is 8.56. The molecule has 0 saturated carbocycles. The molecule has 2 aromatic carbocycles. The van der Waals surface area contributed by atoms with Gasteiger partial charge in [0.15, 0.2) is 0 Å². The Morgan fingerprint density at radius 2 is 1.85 bits per heavy atom. The zero-order chi connectivity index (χ0) is 25.0. The lowest BCUT2D eigenvalue weighted by molar-refractivity contribution is -0.384. The van der Waals surface area contributed by atoms with E-state index in [1.807, 2.05) is 13.0 Å². The van der Waals surface area contributed by atoms with E-state index in [9.17, 15) is 23.3 Å². The quantitative estimate of drug-likeness (QED) is 0.421. The Morgan fingerprint density at radius 3 is 2.44 bits per heavy atom. The fourth-order valence-electron chi connectivity index (χ4n) is 4.42. The predicted octanol–water partition coefficient (Wildman–Crippen LogP) is 3.90. The minimum Gasteiger partial charge on any atom is -0.495 e. The van der Waals surface area contributed by atoms with Crippen molar-refractivity contribution in [2.24, 2.45) is 0 Å². The molecule has 0 heterocycles. The van der Waals surface area contributed by atoms with E-state index in [0.29, 0.717) is 0 Å². The van der Waals surface area contributed by atoms with E-state index in [1.165, 1.54) is 36.8 Å². The number of ether oxygens (including phenoxy) is 1. The van der Waals surface area contributed by atoms with Crippen LogP contribution in [-0.4, -0.2) is 38.7 Å². The number of hydrogen-bond donors (Lipinski definition) is 1. The van der Waals surface area contributed by atoms with Crippen molar-refractivity contribution in [3.05, 3.63) is 63.2 Å². The molecule has 0 aliphatic heterocycles. The van der Waals surface area contributed by atoms with Gasteiger partial charge in [0.2, 0.25) is 15.9 Å². The summed E-state index contributed by atoms with van der Waals surface area (Å²) < 4.78 is 31.8. The highest BCUT2D eigenvalue weighted by molar-refractivity contribution is 7.92. The summed E-state index contributed by atoms with van der Waals surface area (Å²) in [5, 5.41) is 14.3. The lowest BCUT2D eigenvalue weighted by Gasteiger charge is -2.32. The molecule has 9 nitrogen and oxygen atoms in total. The van der Waals surface area contributed by atoms with E-state index in [0.717, 1.165) is 41.5 Å². The number of sulfonamides is 1. The van der Waals surface area contributed by atoms with Gasteiger partial charge in [0.25, 0.3) is 5.69 Å². The summed E-state index contributed by atoms with van der Waals surface area (Å²) >= 11 is 0. The van der Waals surface area contributed by atoms with Gasteiger partial charge in [-0.15, -0.1) is 0 Å². The van der Waals surface area contributed by atoms with Gasteiger partial charge in [-0.25, -0.2) is 8.42 Å². The normalized spacial score (nSPS) is 15.1. The van der Waals surface area contributed by atoms with Crippen LogP contribution in [0.1, 0.15) is 55.8 Å². The maximum Gasteiger partial charge on any atom is 0.271 e. The van der Waals surface area contributed by atoms with Crippen LogP contribution in [0.5, 0.6) is 5.75 Å². The summed E-state index contributed by atoms with van der Waals surface area (Å²) in [4.78, 5) is 24.0. The van der Waals surface area contributed by atoms with Gasteiger partial charge in [0.05, 0.1) is 24.3 Å². The fourth-order valence-corrected chi connectivity index (χ4v) is 5.62. The Morgan fingerprint density at radius 1 is 1.18 bits per heavy atom. The van der Waals surface area contributed by atoms with Crippen LogP contribution in [0.25, 0.3) is 0 Å². The van der Waals surface area contributed by atoms with Crippen LogP contribution in [-0.2, 0) is 27.7 Å². The van der Waals surface area contributed by atoms with E-state index < -0.39 is 26.9 Å². The summed E-state index contributed by atoms with van der Waals surface area (Å²) in [6, 6.07) is 8.40. The van der Waals surface area contributed by atoms with Gasteiger partial charge in [0.1, 0.15) is 17.5 Å². The molecule has 2 aromatic rings. The fraction of sp³-hybridized carbons (Fsp3) is 0.458. The van der Waals surface area contributed by atoms with Crippen molar-refractivity contribution in [1.29, 1.82) is 0 Å². The number of hydrogen-bond acceptors (Lipinski definition) is 6. The van der Waals surface area contributed by atoms with Gasteiger partial charge < -0.3 is 10.1 Å². The Bertz CT molecular complexity index is 1180. The summed E-state index contributed by atoms with van der Waals surface area (Å²) in [6.45, 7) is 3.55. The maximum atomic E-state index is 13.3. The monoisotopic (exact) mass is 489 g/mol. The number of nitrogens with zero attached hydrogens (tertiary/aromatic N) is 2. The Hall–Kier alpha value is -3.14. The number of amides is 1. The first kappa shape index (κ1) is 25.5. The van der Waals surface area contributed by atoms with Crippen molar-refractivity contribution < 1.29 is 22.9 Å². The minimum atomic E-state index is -3.99.